The number of fused-ring (bicyclic) bond motifs is 1. The number of nitrogens with zero attached hydrogens (tertiary/aromatic N) is 1. The molecule has 2 amide bonds. The number of rotatable bonds is 9. The van der Waals surface area contributed by atoms with Crippen LogP contribution in [0.25, 0.3) is 10.9 Å². The summed E-state index contributed by atoms with van der Waals surface area (Å²) in [6.45, 7) is 1.88. The zero-order valence-electron chi connectivity index (χ0n) is 18.4. The zero-order chi connectivity index (χ0) is 22.5. The van der Waals surface area contributed by atoms with Gasteiger partial charge in [0.2, 0.25) is 5.91 Å². The van der Waals surface area contributed by atoms with E-state index < -0.39 is 12.1 Å². The first-order valence-electron chi connectivity index (χ1n) is 11.4. The first-order chi connectivity index (χ1) is 15.6. The third-order valence-corrected chi connectivity index (χ3v) is 6.42. The molecule has 170 valence electrons. The summed E-state index contributed by atoms with van der Waals surface area (Å²) >= 11 is 0. The Morgan fingerprint density at radius 2 is 2.06 bits per heavy atom. The number of H-pyrrole nitrogens is 1. The average Bonchev–Trinajstić information content (AvgIpc) is 3.52. The second-order valence-corrected chi connectivity index (χ2v) is 8.95. The Balaban J connectivity index is 1.42. The average molecular weight is 438 g/mol. The van der Waals surface area contributed by atoms with Crippen LogP contribution in [0.2, 0.25) is 0 Å². The number of nitrogens with one attached hydrogen (secondary N) is 4. The normalized spacial score (nSPS) is 20.2. The van der Waals surface area contributed by atoms with Gasteiger partial charge in [-0.25, -0.2) is 0 Å². The molecular weight excluding hydrogens is 406 g/mol. The minimum Gasteiger partial charge on any atom is -0.496 e. The van der Waals surface area contributed by atoms with Gasteiger partial charge in [-0.1, -0.05) is 18.9 Å². The van der Waals surface area contributed by atoms with Crippen LogP contribution in [0, 0.1) is 23.2 Å². The Kier molecular flexibility index (Phi) is 6.96. The van der Waals surface area contributed by atoms with E-state index in [1.165, 1.54) is 0 Å². The second-order valence-electron chi connectivity index (χ2n) is 8.95. The summed E-state index contributed by atoms with van der Waals surface area (Å²) in [5, 5.41) is 19.5. The third-order valence-electron chi connectivity index (χ3n) is 6.42. The minimum atomic E-state index is -0.663. The number of piperidine rings is 1. The predicted octanol–water partition coefficient (Wildman–Crippen LogP) is 2.47. The number of nitriles is 1. The lowest BCUT2D eigenvalue weighted by molar-refractivity contribution is -0.123. The van der Waals surface area contributed by atoms with Gasteiger partial charge in [0.1, 0.15) is 23.5 Å². The fourth-order valence-corrected chi connectivity index (χ4v) is 4.46. The molecule has 2 heterocycles. The van der Waals surface area contributed by atoms with Crippen molar-refractivity contribution in [2.24, 2.45) is 11.8 Å². The molecule has 4 N–H and O–H groups in total. The quantitative estimate of drug-likeness (QED) is 0.481. The largest absolute Gasteiger partial charge is 0.496 e. The number of ether oxygens (including phenoxy) is 1. The Labute approximate surface area is 188 Å². The number of benzene rings is 1. The van der Waals surface area contributed by atoms with Crippen LogP contribution < -0.4 is 20.7 Å². The van der Waals surface area contributed by atoms with E-state index in [1.807, 2.05) is 18.2 Å². The molecule has 1 saturated heterocycles. The molecule has 32 heavy (non-hydrogen) atoms. The van der Waals surface area contributed by atoms with Crippen molar-refractivity contribution in [1.82, 2.24) is 20.9 Å². The fourth-order valence-electron chi connectivity index (χ4n) is 4.46. The Bertz CT molecular complexity index is 1000. The van der Waals surface area contributed by atoms with Gasteiger partial charge >= 0.3 is 0 Å². The molecule has 2 aliphatic rings. The highest BCUT2D eigenvalue weighted by molar-refractivity contribution is 6.01. The highest BCUT2D eigenvalue weighted by atomic mass is 16.5. The maximum Gasteiger partial charge on any atom is 0.268 e. The van der Waals surface area contributed by atoms with Crippen molar-refractivity contribution < 1.29 is 14.3 Å². The molecule has 0 spiro atoms. The highest BCUT2D eigenvalue weighted by Crippen LogP contribution is 2.34. The minimum absolute atomic E-state index is 0.283. The van der Waals surface area contributed by atoms with Crippen molar-refractivity contribution in [2.75, 3.05) is 20.2 Å². The molecule has 1 aromatic carbocycles. The second kappa shape index (κ2) is 10.0. The number of hydrogen-bond donors (Lipinski definition) is 4. The summed E-state index contributed by atoms with van der Waals surface area (Å²) in [6.07, 6.45) is 5.50. The van der Waals surface area contributed by atoms with Crippen molar-refractivity contribution >= 4 is 22.7 Å². The number of methoxy groups -OCH3 is 1. The number of aromatic amines is 1. The smallest absolute Gasteiger partial charge is 0.268 e. The standard InChI is InChI=1S/C24H31N5O3/c1-32-22-6-2-5-19-18(22)12-21(28-19)24(31)29-20(11-15-7-8-15)23(30)27-17(13-25)10-16-4-3-9-26-14-16/h2,5-6,12,15-17,20,26,28H,3-4,7-11,14H2,1H3,(H,27,30)(H,29,31). The van der Waals surface area contributed by atoms with E-state index >= 15 is 0 Å². The van der Waals surface area contributed by atoms with Crippen LogP contribution in [0.4, 0.5) is 0 Å². The SMILES string of the molecule is COc1cccc2[nH]c(C(=O)NC(CC3CC3)C(=O)NC(C#N)CC3CCCNC3)cc12. The van der Waals surface area contributed by atoms with Crippen LogP contribution in [0.1, 0.15) is 49.0 Å². The molecule has 2 aromatic rings. The van der Waals surface area contributed by atoms with Crippen molar-refractivity contribution in [1.29, 1.82) is 5.26 Å². The van der Waals surface area contributed by atoms with Gasteiger partial charge in [0, 0.05) is 10.9 Å². The number of carbonyl (C=O) groups excluding carboxylic acids is 2. The van der Waals surface area contributed by atoms with Gasteiger partial charge in [-0.2, -0.15) is 5.26 Å². The summed E-state index contributed by atoms with van der Waals surface area (Å²) < 4.78 is 5.37. The third kappa shape index (κ3) is 5.40. The van der Waals surface area contributed by atoms with Gasteiger partial charge in [-0.3, -0.25) is 9.59 Å². The lowest BCUT2D eigenvalue weighted by atomic mass is 9.92. The zero-order valence-corrected chi connectivity index (χ0v) is 18.4. The predicted molar refractivity (Wildman–Crippen MR) is 121 cm³/mol. The van der Waals surface area contributed by atoms with Crippen LogP contribution >= 0.6 is 0 Å². The molecule has 1 aliphatic heterocycles. The van der Waals surface area contributed by atoms with Crippen molar-refractivity contribution in [2.45, 2.75) is 50.6 Å². The van der Waals surface area contributed by atoms with E-state index in [1.54, 1.807) is 13.2 Å². The highest BCUT2D eigenvalue weighted by Gasteiger charge is 2.32. The Hall–Kier alpha value is -3.05. The summed E-state index contributed by atoms with van der Waals surface area (Å²) in [5.74, 6) is 0.880. The monoisotopic (exact) mass is 437 g/mol. The molecule has 4 rings (SSSR count). The van der Waals surface area contributed by atoms with Crippen LogP contribution in [-0.2, 0) is 4.79 Å². The molecule has 1 aromatic heterocycles. The summed E-state index contributed by atoms with van der Waals surface area (Å²) in [7, 11) is 1.59. The van der Waals surface area contributed by atoms with E-state index in [2.05, 4.69) is 27.0 Å². The maximum atomic E-state index is 13.0. The Morgan fingerprint density at radius 1 is 1.22 bits per heavy atom. The molecule has 1 saturated carbocycles. The summed E-state index contributed by atoms with van der Waals surface area (Å²) in [5.41, 5.74) is 1.17. The topological polar surface area (TPSA) is 119 Å². The first kappa shape index (κ1) is 22.2. The van der Waals surface area contributed by atoms with Crippen molar-refractivity contribution in [3.63, 3.8) is 0 Å². The van der Waals surface area contributed by atoms with Gasteiger partial charge in [-0.15, -0.1) is 0 Å². The van der Waals surface area contributed by atoms with Gasteiger partial charge in [0.25, 0.3) is 5.91 Å². The van der Waals surface area contributed by atoms with Crippen molar-refractivity contribution in [3.8, 4) is 11.8 Å². The molecule has 8 heteroatoms. The molecule has 0 bridgehead atoms. The number of aromatic nitrogens is 1. The Morgan fingerprint density at radius 3 is 2.75 bits per heavy atom. The van der Waals surface area contributed by atoms with Crippen LogP contribution in [0.3, 0.4) is 0 Å². The number of amides is 2. The van der Waals surface area contributed by atoms with E-state index in [9.17, 15) is 14.9 Å². The van der Waals surface area contributed by atoms with Gasteiger partial charge in [0.05, 0.1) is 13.2 Å². The molecule has 1 aliphatic carbocycles. The van der Waals surface area contributed by atoms with Crippen LogP contribution in [-0.4, -0.2) is 49.1 Å². The molecular formula is C24H31N5O3. The maximum absolute atomic E-state index is 13.0. The molecule has 2 fully saturated rings. The van der Waals surface area contributed by atoms with E-state index in [0.717, 1.165) is 49.7 Å². The first-order valence-corrected chi connectivity index (χ1v) is 11.4. The van der Waals surface area contributed by atoms with E-state index in [-0.39, 0.29) is 11.8 Å². The van der Waals surface area contributed by atoms with Crippen LogP contribution in [0.5, 0.6) is 5.75 Å². The van der Waals surface area contributed by atoms with Gasteiger partial charge in [0.15, 0.2) is 0 Å². The lowest BCUT2D eigenvalue weighted by Crippen LogP contribution is -2.50. The summed E-state index contributed by atoms with van der Waals surface area (Å²) in [4.78, 5) is 29.1. The van der Waals surface area contributed by atoms with Crippen LogP contribution in [0.15, 0.2) is 24.3 Å². The van der Waals surface area contributed by atoms with E-state index in [4.69, 9.17) is 4.74 Å². The summed E-state index contributed by atoms with van der Waals surface area (Å²) in [6, 6.07) is 8.32. The number of carbonyl (C=O) groups is 2. The molecule has 0 radical (unpaired) electrons. The molecule has 3 atom stereocenters. The molecule has 3 unspecified atom stereocenters. The fraction of sp³-hybridized carbons (Fsp3) is 0.542. The lowest BCUT2D eigenvalue weighted by Gasteiger charge is -2.26. The van der Waals surface area contributed by atoms with Gasteiger partial charge < -0.3 is 25.7 Å². The molecule has 8 nitrogen and oxygen atoms in total. The van der Waals surface area contributed by atoms with Gasteiger partial charge in [-0.05, 0) is 68.8 Å². The van der Waals surface area contributed by atoms with E-state index in [0.29, 0.717) is 36.1 Å². The van der Waals surface area contributed by atoms with Crippen molar-refractivity contribution in [3.05, 3.63) is 30.0 Å². The number of hydrogen-bond acceptors (Lipinski definition) is 5.